The number of anilines is 2. The molecule has 0 saturated carbocycles. The van der Waals surface area contributed by atoms with Gasteiger partial charge in [-0.1, -0.05) is 41.7 Å². The Morgan fingerprint density at radius 2 is 2.03 bits per heavy atom. The molecule has 0 atom stereocenters. The molecule has 0 spiro atoms. The Bertz CT molecular complexity index is 1350. The molecule has 10 nitrogen and oxygen atoms in total. The predicted molar refractivity (Wildman–Crippen MR) is 126 cm³/mol. The number of cyclic esters (lactones) is 1. The largest absolute Gasteiger partial charge is 0.462 e. The number of esters is 2. The summed E-state index contributed by atoms with van der Waals surface area (Å²) in [4.78, 5) is 44.2. The van der Waals surface area contributed by atoms with E-state index in [1.54, 1.807) is 26.0 Å². The first kappa shape index (κ1) is 22.8. The summed E-state index contributed by atoms with van der Waals surface area (Å²) < 4.78 is 10.2. The van der Waals surface area contributed by atoms with Crippen LogP contribution < -0.4 is 5.32 Å². The number of thiazole rings is 1. The second kappa shape index (κ2) is 9.63. The number of rotatable bonds is 7. The number of hydrogen-bond donors (Lipinski definition) is 1. The molecule has 3 aromatic rings. The molecule has 1 aliphatic heterocycles. The molecule has 34 heavy (non-hydrogen) atoms. The Labute approximate surface area is 197 Å². The minimum Gasteiger partial charge on any atom is -0.462 e. The Morgan fingerprint density at radius 3 is 2.74 bits per heavy atom. The van der Waals surface area contributed by atoms with Crippen LogP contribution in [0.25, 0.3) is 6.08 Å². The number of nitro groups is 1. The number of aromatic nitrogens is 1. The highest BCUT2D eigenvalue weighted by molar-refractivity contribution is 7.17. The molecule has 2 aromatic carbocycles. The van der Waals surface area contributed by atoms with Crippen LogP contribution in [0.4, 0.5) is 16.5 Å². The number of aliphatic imine (C=N–C) groups is 1. The van der Waals surface area contributed by atoms with E-state index in [-0.39, 0.29) is 35.1 Å². The fourth-order valence-electron chi connectivity index (χ4n) is 3.11. The van der Waals surface area contributed by atoms with Crippen LogP contribution in [-0.2, 0) is 14.3 Å². The van der Waals surface area contributed by atoms with Crippen molar-refractivity contribution in [3.05, 3.63) is 86.0 Å². The molecule has 172 valence electrons. The lowest BCUT2D eigenvalue weighted by Crippen LogP contribution is -2.06. The van der Waals surface area contributed by atoms with Gasteiger partial charge in [0.2, 0.25) is 5.90 Å². The van der Waals surface area contributed by atoms with E-state index in [0.717, 1.165) is 16.9 Å². The first-order valence-electron chi connectivity index (χ1n) is 10.1. The van der Waals surface area contributed by atoms with E-state index in [0.29, 0.717) is 15.7 Å². The van der Waals surface area contributed by atoms with Crippen molar-refractivity contribution >= 4 is 51.8 Å². The van der Waals surface area contributed by atoms with Crippen molar-refractivity contribution < 1.29 is 24.0 Å². The molecule has 1 aliphatic rings. The summed E-state index contributed by atoms with van der Waals surface area (Å²) in [6, 6.07) is 13.4. The zero-order valence-electron chi connectivity index (χ0n) is 18.1. The summed E-state index contributed by atoms with van der Waals surface area (Å²) >= 11 is 1.03. The number of hydrogen-bond acceptors (Lipinski definition) is 10. The smallest absolute Gasteiger partial charge is 0.363 e. The van der Waals surface area contributed by atoms with E-state index in [4.69, 9.17) is 9.47 Å². The molecular formula is C23H18N4O6S. The zero-order chi connectivity index (χ0) is 24.2. The van der Waals surface area contributed by atoms with Crippen LogP contribution >= 0.6 is 11.3 Å². The summed E-state index contributed by atoms with van der Waals surface area (Å²) in [5.41, 5.74) is 1.46. The maximum absolute atomic E-state index is 12.2. The Hall–Kier alpha value is -4.38. The third-order valence-corrected chi connectivity index (χ3v) is 5.72. The number of aryl methyl sites for hydroxylation is 1. The molecule has 11 heteroatoms. The van der Waals surface area contributed by atoms with Crippen LogP contribution in [0.5, 0.6) is 0 Å². The van der Waals surface area contributed by atoms with E-state index in [1.165, 1.54) is 12.1 Å². The minimum absolute atomic E-state index is 0.0310. The van der Waals surface area contributed by atoms with Gasteiger partial charge in [0.15, 0.2) is 10.8 Å². The highest BCUT2D eigenvalue weighted by atomic mass is 32.1. The molecule has 2 heterocycles. The van der Waals surface area contributed by atoms with Crippen molar-refractivity contribution in [2.75, 3.05) is 11.9 Å². The predicted octanol–water partition coefficient (Wildman–Crippen LogP) is 4.62. The van der Waals surface area contributed by atoms with E-state index < -0.39 is 16.9 Å². The number of carbonyl (C=O) groups excluding carboxylic acids is 2. The van der Waals surface area contributed by atoms with Gasteiger partial charge in [-0.25, -0.2) is 19.6 Å². The lowest BCUT2D eigenvalue weighted by Gasteiger charge is -2.06. The summed E-state index contributed by atoms with van der Waals surface area (Å²) in [6.07, 6.45) is 1.57. The molecule has 0 saturated heterocycles. The first-order chi connectivity index (χ1) is 16.4. The highest BCUT2D eigenvalue weighted by Crippen LogP contribution is 2.33. The average molecular weight is 478 g/mol. The number of carbonyl (C=O) groups is 2. The SMILES string of the molecule is CCOC(=O)c1sc(Nc2ccc(C3=N/C(=C/c4ccccc4)C(=O)O3)cc2[N+](=O)[O-])nc1C. The van der Waals surface area contributed by atoms with Gasteiger partial charge in [-0.05, 0) is 37.6 Å². The van der Waals surface area contributed by atoms with Crippen LogP contribution in [0, 0.1) is 17.0 Å². The number of nitrogens with one attached hydrogen (secondary N) is 1. The molecule has 1 N–H and O–H groups in total. The molecule has 0 aliphatic carbocycles. The maximum atomic E-state index is 12.2. The van der Waals surface area contributed by atoms with Crippen LogP contribution in [0.2, 0.25) is 0 Å². The van der Waals surface area contributed by atoms with Crippen molar-refractivity contribution in [3.8, 4) is 0 Å². The van der Waals surface area contributed by atoms with Crippen molar-refractivity contribution in [3.63, 3.8) is 0 Å². The van der Waals surface area contributed by atoms with Gasteiger partial charge in [0.05, 0.1) is 17.2 Å². The van der Waals surface area contributed by atoms with E-state index >= 15 is 0 Å². The fourth-order valence-corrected chi connectivity index (χ4v) is 3.98. The maximum Gasteiger partial charge on any atom is 0.363 e. The number of benzene rings is 2. The van der Waals surface area contributed by atoms with E-state index in [9.17, 15) is 19.7 Å². The summed E-state index contributed by atoms with van der Waals surface area (Å²) in [6.45, 7) is 3.58. The van der Waals surface area contributed by atoms with Crippen molar-refractivity contribution in [1.29, 1.82) is 0 Å². The quantitative estimate of drug-likeness (QED) is 0.225. The number of nitrogens with zero attached hydrogens (tertiary/aromatic N) is 3. The standard InChI is InChI=1S/C23H18N4O6S/c1-3-32-22(29)19-13(2)24-23(34-19)26-16-10-9-15(12-18(16)27(30)31)20-25-17(21(28)33-20)11-14-7-5-4-6-8-14/h4-12H,3H2,1-2H3,(H,24,26)/b17-11+. The normalized spacial score (nSPS) is 14.0. The van der Waals surface area contributed by atoms with E-state index in [1.807, 2.05) is 30.3 Å². The molecule has 0 bridgehead atoms. The summed E-state index contributed by atoms with van der Waals surface area (Å²) in [5.74, 6) is -1.18. The van der Waals surface area contributed by atoms with Gasteiger partial charge in [-0.3, -0.25) is 10.1 Å². The Balaban J connectivity index is 1.62. The Kier molecular flexibility index (Phi) is 6.46. The van der Waals surface area contributed by atoms with Crippen molar-refractivity contribution in [1.82, 2.24) is 4.98 Å². The summed E-state index contributed by atoms with van der Waals surface area (Å²) in [5, 5.41) is 14.9. The van der Waals surface area contributed by atoms with Crippen LogP contribution in [0.1, 0.15) is 33.4 Å². The summed E-state index contributed by atoms with van der Waals surface area (Å²) in [7, 11) is 0. The van der Waals surface area contributed by atoms with Gasteiger partial charge in [0, 0.05) is 11.6 Å². The number of nitro benzene ring substituents is 1. The second-order valence-electron chi connectivity index (χ2n) is 7.01. The molecule has 0 radical (unpaired) electrons. The topological polar surface area (TPSA) is 133 Å². The van der Waals surface area contributed by atoms with Crippen molar-refractivity contribution in [2.45, 2.75) is 13.8 Å². The lowest BCUT2D eigenvalue weighted by atomic mass is 10.1. The van der Waals surface area contributed by atoms with E-state index in [2.05, 4.69) is 15.3 Å². The van der Waals surface area contributed by atoms with Crippen LogP contribution in [0.15, 0.2) is 59.2 Å². The molecule has 4 rings (SSSR count). The van der Waals surface area contributed by atoms with Gasteiger partial charge in [0.1, 0.15) is 10.6 Å². The van der Waals surface area contributed by atoms with Gasteiger partial charge in [-0.2, -0.15) is 0 Å². The average Bonchev–Trinajstić information content (AvgIpc) is 3.36. The molecule has 1 aromatic heterocycles. The second-order valence-corrected chi connectivity index (χ2v) is 8.01. The van der Waals surface area contributed by atoms with Crippen LogP contribution in [0.3, 0.4) is 0 Å². The molecular weight excluding hydrogens is 460 g/mol. The molecule has 0 unspecified atom stereocenters. The van der Waals surface area contributed by atoms with Crippen molar-refractivity contribution in [2.24, 2.45) is 4.99 Å². The van der Waals surface area contributed by atoms with Gasteiger partial charge >= 0.3 is 11.9 Å². The lowest BCUT2D eigenvalue weighted by molar-refractivity contribution is -0.383. The fraction of sp³-hybridized carbons (Fsp3) is 0.130. The number of ether oxygens (including phenoxy) is 2. The van der Waals surface area contributed by atoms with Gasteiger partial charge in [0.25, 0.3) is 5.69 Å². The zero-order valence-corrected chi connectivity index (χ0v) is 18.9. The third-order valence-electron chi connectivity index (χ3n) is 4.66. The molecule has 0 fully saturated rings. The third kappa shape index (κ3) is 4.84. The highest BCUT2D eigenvalue weighted by Gasteiger charge is 2.27. The minimum atomic E-state index is -0.645. The van der Waals surface area contributed by atoms with Gasteiger partial charge < -0.3 is 14.8 Å². The molecule has 0 amide bonds. The Morgan fingerprint density at radius 1 is 1.26 bits per heavy atom. The van der Waals surface area contributed by atoms with Crippen LogP contribution in [-0.4, -0.2) is 34.4 Å². The van der Waals surface area contributed by atoms with Gasteiger partial charge in [-0.15, -0.1) is 0 Å². The monoisotopic (exact) mass is 478 g/mol. The first-order valence-corrected chi connectivity index (χ1v) is 11.0.